The Morgan fingerprint density at radius 1 is 1.42 bits per heavy atom. The van der Waals surface area contributed by atoms with Gasteiger partial charge in [0.25, 0.3) is 0 Å². The summed E-state index contributed by atoms with van der Waals surface area (Å²) in [6.07, 6.45) is 4.34. The van der Waals surface area contributed by atoms with Gasteiger partial charge >= 0.3 is 7.62 Å². The third-order valence-corrected chi connectivity index (χ3v) is 1.68. The Kier molecular flexibility index (Phi) is 8.99. The number of hydrogen-bond donors (Lipinski definition) is 2. The van der Waals surface area contributed by atoms with Crippen LogP contribution < -0.4 is 11.0 Å². The smallest absolute Gasteiger partial charge is 0.361 e. The molecule has 0 amide bonds. The molecule has 0 bridgehead atoms. The van der Waals surface area contributed by atoms with E-state index in [1.165, 1.54) is 12.8 Å². The Labute approximate surface area is 76.3 Å². The molecule has 4 heteroatoms. The lowest BCUT2D eigenvalue weighted by Crippen LogP contribution is -2.32. The normalized spacial score (nSPS) is 12.9. The summed E-state index contributed by atoms with van der Waals surface area (Å²) < 4.78 is 5.30. The van der Waals surface area contributed by atoms with Gasteiger partial charge in [-0.15, -0.1) is 0 Å². The zero-order valence-corrected chi connectivity index (χ0v) is 8.31. The molecular formula is C8H21BN2O. The number of unbranched alkanes of at least 4 members (excludes halogenated alkanes) is 1. The summed E-state index contributed by atoms with van der Waals surface area (Å²) in [6, 6.07) is 0. The van der Waals surface area contributed by atoms with Crippen LogP contribution in [-0.4, -0.2) is 20.4 Å². The lowest BCUT2D eigenvalue weighted by Gasteiger charge is -2.11. The predicted molar refractivity (Wildman–Crippen MR) is 54.0 cm³/mol. The van der Waals surface area contributed by atoms with Crippen LogP contribution in [0.2, 0.25) is 0 Å². The Morgan fingerprint density at radius 3 is 2.75 bits per heavy atom. The molecule has 3 nitrogen and oxygen atoms in total. The summed E-state index contributed by atoms with van der Waals surface area (Å²) in [5.41, 5.74) is 5.64. The molecule has 0 fully saturated rings. The number of rotatable bonds is 8. The van der Waals surface area contributed by atoms with Crippen molar-refractivity contribution in [1.29, 1.82) is 0 Å². The van der Waals surface area contributed by atoms with Gasteiger partial charge in [-0.1, -0.05) is 26.7 Å². The molecule has 72 valence electrons. The minimum absolute atomic E-state index is 0.0934. The predicted octanol–water partition coefficient (Wildman–Crippen LogP) is 0.744. The van der Waals surface area contributed by atoms with Crippen molar-refractivity contribution in [3.63, 3.8) is 0 Å². The van der Waals surface area contributed by atoms with Crippen LogP contribution in [0.25, 0.3) is 0 Å². The van der Waals surface area contributed by atoms with Crippen molar-refractivity contribution >= 4 is 7.62 Å². The van der Waals surface area contributed by atoms with Crippen molar-refractivity contribution in [2.24, 2.45) is 5.73 Å². The van der Waals surface area contributed by atoms with Crippen molar-refractivity contribution in [1.82, 2.24) is 5.23 Å². The molecular weight excluding hydrogens is 151 g/mol. The first-order valence-corrected chi connectivity index (χ1v) is 4.89. The Hall–Kier alpha value is -0.0551. The highest BCUT2D eigenvalue weighted by Crippen LogP contribution is 1.92. The minimum atomic E-state index is -0.0934. The van der Waals surface area contributed by atoms with Crippen molar-refractivity contribution in [3.8, 4) is 0 Å². The van der Waals surface area contributed by atoms with E-state index >= 15 is 0 Å². The summed E-state index contributed by atoms with van der Waals surface area (Å²) >= 11 is 0. The van der Waals surface area contributed by atoms with Crippen LogP contribution in [0.4, 0.5) is 0 Å². The number of nitrogens with two attached hydrogens (primary N) is 1. The summed E-state index contributed by atoms with van der Waals surface area (Å²) in [5.74, 6) is 0. The first-order chi connectivity index (χ1) is 5.81. The molecule has 12 heavy (non-hydrogen) atoms. The van der Waals surface area contributed by atoms with Gasteiger partial charge in [0, 0.05) is 0 Å². The van der Waals surface area contributed by atoms with Gasteiger partial charge in [-0.2, -0.15) is 0 Å². The average Bonchev–Trinajstić information content (AvgIpc) is 2.05. The fourth-order valence-corrected chi connectivity index (χ4v) is 0.908. The highest BCUT2D eigenvalue weighted by molar-refractivity contribution is 6.23. The first kappa shape index (κ1) is 11.9. The van der Waals surface area contributed by atoms with E-state index in [0.29, 0.717) is 7.62 Å². The lowest BCUT2D eigenvalue weighted by molar-refractivity contribution is 0.203. The van der Waals surface area contributed by atoms with Gasteiger partial charge in [0.05, 0.1) is 6.23 Å². The first-order valence-electron chi connectivity index (χ1n) is 4.89. The van der Waals surface area contributed by atoms with E-state index in [0.717, 1.165) is 19.4 Å². The van der Waals surface area contributed by atoms with Crippen molar-refractivity contribution < 1.29 is 4.65 Å². The van der Waals surface area contributed by atoms with Gasteiger partial charge < -0.3 is 15.6 Å². The maximum absolute atomic E-state index is 5.64. The molecule has 0 radical (unpaired) electrons. The minimum Gasteiger partial charge on any atom is -0.409 e. The Morgan fingerprint density at radius 2 is 2.17 bits per heavy atom. The number of nitrogens with one attached hydrogen (secondary N) is 1. The fourth-order valence-electron chi connectivity index (χ4n) is 0.908. The highest BCUT2D eigenvalue weighted by atomic mass is 16.5. The number of hydrogen-bond acceptors (Lipinski definition) is 3. The fraction of sp³-hybridized carbons (Fsp3) is 1.00. The topological polar surface area (TPSA) is 47.3 Å². The van der Waals surface area contributed by atoms with Crippen molar-refractivity contribution in [3.05, 3.63) is 0 Å². The molecule has 0 heterocycles. The van der Waals surface area contributed by atoms with E-state index < -0.39 is 0 Å². The monoisotopic (exact) mass is 172 g/mol. The molecule has 1 unspecified atom stereocenters. The SMILES string of the molecule is CCCCNBOC(N)CCC. The third-order valence-electron chi connectivity index (χ3n) is 1.68. The largest absolute Gasteiger partial charge is 0.409 e. The van der Waals surface area contributed by atoms with Gasteiger partial charge in [0.15, 0.2) is 0 Å². The molecule has 0 aliphatic carbocycles. The Balaban J connectivity index is 2.97. The van der Waals surface area contributed by atoms with Gasteiger partial charge in [0.2, 0.25) is 0 Å². The maximum Gasteiger partial charge on any atom is 0.361 e. The molecule has 0 aliphatic heterocycles. The van der Waals surface area contributed by atoms with E-state index in [2.05, 4.69) is 19.1 Å². The molecule has 0 aromatic heterocycles. The molecule has 0 saturated heterocycles. The summed E-state index contributed by atoms with van der Waals surface area (Å²) in [4.78, 5) is 0. The van der Waals surface area contributed by atoms with Crippen LogP contribution in [0, 0.1) is 0 Å². The van der Waals surface area contributed by atoms with Crippen molar-refractivity contribution in [2.75, 3.05) is 6.54 Å². The highest BCUT2D eigenvalue weighted by Gasteiger charge is 1.99. The van der Waals surface area contributed by atoms with E-state index in [9.17, 15) is 0 Å². The van der Waals surface area contributed by atoms with Crippen LogP contribution >= 0.6 is 0 Å². The van der Waals surface area contributed by atoms with E-state index in [4.69, 9.17) is 10.4 Å². The second kappa shape index (κ2) is 9.04. The van der Waals surface area contributed by atoms with E-state index in [1.54, 1.807) is 0 Å². The van der Waals surface area contributed by atoms with Gasteiger partial charge in [0.1, 0.15) is 0 Å². The second-order valence-corrected chi connectivity index (χ2v) is 2.99. The Bertz CT molecular complexity index is 93.1. The van der Waals surface area contributed by atoms with E-state index in [1.807, 2.05) is 0 Å². The molecule has 0 aromatic rings. The maximum atomic E-state index is 5.64. The third kappa shape index (κ3) is 8.05. The van der Waals surface area contributed by atoms with Crippen molar-refractivity contribution in [2.45, 2.75) is 45.8 Å². The molecule has 0 rings (SSSR count). The summed E-state index contributed by atoms with van der Waals surface area (Å²) in [5, 5.41) is 3.17. The molecule has 0 aromatic carbocycles. The standard InChI is InChI=1S/C8H21BN2O/c1-3-5-7-11-9-12-8(10)6-4-2/h8-9,11H,3-7,10H2,1-2H3. The van der Waals surface area contributed by atoms with Gasteiger partial charge in [-0.25, -0.2) is 0 Å². The average molecular weight is 172 g/mol. The van der Waals surface area contributed by atoms with Crippen LogP contribution in [-0.2, 0) is 4.65 Å². The zero-order valence-electron chi connectivity index (χ0n) is 8.31. The van der Waals surface area contributed by atoms with E-state index in [-0.39, 0.29) is 6.23 Å². The molecule has 0 saturated carbocycles. The summed E-state index contributed by atoms with van der Waals surface area (Å²) in [6.45, 7) is 5.30. The molecule has 0 aliphatic rings. The molecule has 1 atom stereocenters. The lowest BCUT2D eigenvalue weighted by atomic mass is 10.2. The molecule has 0 spiro atoms. The van der Waals surface area contributed by atoms with Crippen LogP contribution in [0.5, 0.6) is 0 Å². The van der Waals surface area contributed by atoms with Crippen LogP contribution in [0.3, 0.4) is 0 Å². The molecule has 3 N–H and O–H groups in total. The zero-order chi connectivity index (χ0) is 9.23. The summed E-state index contributed by atoms with van der Waals surface area (Å²) in [7, 11) is 0.584. The van der Waals surface area contributed by atoms with Gasteiger partial charge in [-0.05, 0) is 19.4 Å². The quantitative estimate of drug-likeness (QED) is 0.322. The second-order valence-electron chi connectivity index (χ2n) is 2.99. The van der Waals surface area contributed by atoms with Gasteiger partial charge in [-0.3, -0.25) is 0 Å². The van der Waals surface area contributed by atoms with Crippen LogP contribution in [0.15, 0.2) is 0 Å². The van der Waals surface area contributed by atoms with Crippen LogP contribution in [0.1, 0.15) is 39.5 Å².